The maximum atomic E-state index is 13.6. The molecule has 100 valence electrons. The maximum absolute atomic E-state index is 13.6. The number of benzene rings is 1. The van der Waals surface area contributed by atoms with Gasteiger partial charge in [0.15, 0.2) is 11.6 Å². The number of aromatic nitrogens is 2. The Balaban J connectivity index is 2.16. The second kappa shape index (κ2) is 6.04. The van der Waals surface area contributed by atoms with Crippen LogP contribution in [0.3, 0.4) is 0 Å². The quantitative estimate of drug-likeness (QED) is 0.878. The van der Waals surface area contributed by atoms with E-state index >= 15 is 0 Å². The number of ether oxygens (including phenoxy) is 1. The molecular formula is C12H10Cl2FN3O. The monoisotopic (exact) mass is 301 g/mol. The average molecular weight is 302 g/mol. The van der Waals surface area contributed by atoms with Crippen molar-refractivity contribution in [2.45, 2.75) is 6.54 Å². The molecule has 0 spiro atoms. The average Bonchev–Trinajstić information content (AvgIpc) is 2.38. The van der Waals surface area contributed by atoms with Crippen LogP contribution >= 0.6 is 23.2 Å². The summed E-state index contributed by atoms with van der Waals surface area (Å²) >= 11 is 11.4. The predicted octanol–water partition coefficient (Wildman–Crippen LogP) is 3.54. The number of anilines is 1. The Morgan fingerprint density at radius 3 is 2.84 bits per heavy atom. The molecule has 0 bridgehead atoms. The third kappa shape index (κ3) is 3.45. The Kier molecular flexibility index (Phi) is 4.39. The highest BCUT2D eigenvalue weighted by molar-refractivity contribution is 6.30. The van der Waals surface area contributed by atoms with E-state index in [0.29, 0.717) is 22.2 Å². The van der Waals surface area contributed by atoms with Gasteiger partial charge in [0.05, 0.1) is 13.3 Å². The molecule has 0 radical (unpaired) electrons. The van der Waals surface area contributed by atoms with Crippen LogP contribution in [0.25, 0.3) is 0 Å². The third-order valence-corrected chi connectivity index (χ3v) is 2.82. The van der Waals surface area contributed by atoms with Gasteiger partial charge in [0.2, 0.25) is 5.28 Å². The Bertz CT molecular complexity index is 595. The molecule has 1 N–H and O–H groups in total. The SMILES string of the molecule is COc1cnc(Cl)nc1NCc1ccc(Cl)cc1F. The van der Waals surface area contributed by atoms with E-state index in [4.69, 9.17) is 27.9 Å². The van der Waals surface area contributed by atoms with Crippen molar-refractivity contribution in [1.82, 2.24) is 9.97 Å². The first-order valence-electron chi connectivity index (χ1n) is 5.34. The molecule has 19 heavy (non-hydrogen) atoms. The van der Waals surface area contributed by atoms with E-state index in [1.54, 1.807) is 12.1 Å². The number of hydrogen-bond donors (Lipinski definition) is 1. The molecule has 0 aliphatic heterocycles. The fourth-order valence-corrected chi connectivity index (χ4v) is 1.76. The van der Waals surface area contributed by atoms with Crippen LogP contribution < -0.4 is 10.1 Å². The zero-order valence-corrected chi connectivity index (χ0v) is 11.5. The lowest BCUT2D eigenvalue weighted by molar-refractivity contribution is 0.412. The molecule has 0 saturated carbocycles. The Morgan fingerprint density at radius 2 is 2.16 bits per heavy atom. The van der Waals surface area contributed by atoms with Crippen LogP contribution in [0.2, 0.25) is 10.3 Å². The number of rotatable bonds is 4. The molecule has 0 unspecified atom stereocenters. The topological polar surface area (TPSA) is 47.0 Å². The molecule has 0 fully saturated rings. The van der Waals surface area contributed by atoms with Crippen molar-refractivity contribution in [2.75, 3.05) is 12.4 Å². The number of hydrogen-bond acceptors (Lipinski definition) is 4. The lowest BCUT2D eigenvalue weighted by atomic mass is 10.2. The first-order chi connectivity index (χ1) is 9.10. The number of halogens is 3. The van der Waals surface area contributed by atoms with Crippen molar-refractivity contribution in [3.8, 4) is 5.75 Å². The molecular weight excluding hydrogens is 292 g/mol. The lowest BCUT2D eigenvalue weighted by Crippen LogP contribution is -2.05. The highest BCUT2D eigenvalue weighted by atomic mass is 35.5. The van der Waals surface area contributed by atoms with Gasteiger partial charge in [-0.2, -0.15) is 4.98 Å². The van der Waals surface area contributed by atoms with Crippen molar-refractivity contribution in [1.29, 1.82) is 0 Å². The molecule has 1 aromatic carbocycles. The van der Waals surface area contributed by atoms with E-state index in [2.05, 4.69) is 15.3 Å². The van der Waals surface area contributed by atoms with Crippen LogP contribution in [0.1, 0.15) is 5.56 Å². The van der Waals surface area contributed by atoms with Crippen molar-refractivity contribution in [2.24, 2.45) is 0 Å². The van der Waals surface area contributed by atoms with E-state index in [1.165, 1.54) is 19.4 Å². The summed E-state index contributed by atoms with van der Waals surface area (Å²) < 4.78 is 18.7. The number of nitrogens with one attached hydrogen (secondary N) is 1. The molecule has 1 heterocycles. The zero-order valence-electron chi connectivity index (χ0n) is 9.95. The van der Waals surface area contributed by atoms with Gasteiger partial charge in [0, 0.05) is 17.1 Å². The van der Waals surface area contributed by atoms with E-state index in [9.17, 15) is 4.39 Å². The molecule has 0 saturated heterocycles. The van der Waals surface area contributed by atoms with Gasteiger partial charge in [0.1, 0.15) is 5.82 Å². The smallest absolute Gasteiger partial charge is 0.224 e. The third-order valence-electron chi connectivity index (χ3n) is 2.41. The Labute approximate surface area is 119 Å². The molecule has 0 aliphatic rings. The van der Waals surface area contributed by atoms with Gasteiger partial charge in [-0.3, -0.25) is 0 Å². The van der Waals surface area contributed by atoms with Crippen LogP contribution in [0.5, 0.6) is 5.75 Å². The van der Waals surface area contributed by atoms with Crippen LogP contribution in [0.4, 0.5) is 10.2 Å². The summed E-state index contributed by atoms with van der Waals surface area (Å²) in [5.41, 5.74) is 0.459. The van der Waals surface area contributed by atoms with Crippen molar-refractivity contribution in [3.05, 3.63) is 46.1 Å². The van der Waals surface area contributed by atoms with Gasteiger partial charge in [-0.25, -0.2) is 9.37 Å². The van der Waals surface area contributed by atoms with Crippen molar-refractivity contribution < 1.29 is 9.13 Å². The minimum atomic E-state index is -0.390. The zero-order chi connectivity index (χ0) is 13.8. The van der Waals surface area contributed by atoms with Crippen molar-refractivity contribution >= 4 is 29.0 Å². The summed E-state index contributed by atoms with van der Waals surface area (Å²) in [5.74, 6) is 0.440. The molecule has 4 nitrogen and oxygen atoms in total. The first kappa shape index (κ1) is 13.8. The van der Waals surface area contributed by atoms with Crippen molar-refractivity contribution in [3.63, 3.8) is 0 Å². The van der Waals surface area contributed by atoms with E-state index in [0.717, 1.165) is 0 Å². The molecule has 1 aromatic heterocycles. The molecule has 0 amide bonds. The standard InChI is InChI=1S/C12H10Cl2FN3O/c1-19-10-6-17-12(14)18-11(10)16-5-7-2-3-8(13)4-9(7)15/h2-4,6H,5H2,1H3,(H,16,17,18). The van der Waals surface area contributed by atoms with Gasteiger partial charge in [-0.1, -0.05) is 17.7 Å². The fraction of sp³-hybridized carbons (Fsp3) is 0.167. The second-order valence-corrected chi connectivity index (χ2v) is 4.42. The summed E-state index contributed by atoms with van der Waals surface area (Å²) in [4.78, 5) is 7.77. The van der Waals surface area contributed by atoms with Gasteiger partial charge in [-0.05, 0) is 23.7 Å². The Hall–Kier alpha value is -1.59. The predicted molar refractivity (Wildman–Crippen MR) is 72.3 cm³/mol. The number of nitrogens with zero attached hydrogens (tertiary/aromatic N) is 2. The number of methoxy groups -OCH3 is 1. The molecule has 2 aromatic rings. The summed E-state index contributed by atoms with van der Waals surface area (Å²) in [6, 6.07) is 4.47. The summed E-state index contributed by atoms with van der Waals surface area (Å²) in [6.45, 7) is 0.229. The largest absolute Gasteiger partial charge is 0.491 e. The van der Waals surface area contributed by atoms with Crippen LogP contribution in [0.15, 0.2) is 24.4 Å². The molecule has 0 atom stereocenters. The Morgan fingerprint density at radius 1 is 1.37 bits per heavy atom. The summed E-state index contributed by atoms with van der Waals surface area (Å²) in [6.07, 6.45) is 1.44. The van der Waals surface area contributed by atoms with Crippen LogP contribution in [-0.4, -0.2) is 17.1 Å². The second-order valence-electron chi connectivity index (χ2n) is 3.65. The van der Waals surface area contributed by atoms with Gasteiger partial charge >= 0.3 is 0 Å². The van der Waals surface area contributed by atoms with Gasteiger partial charge in [0.25, 0.3) is 0 Å². The van der Waals surface area contributed by atoms with Crippen LogP contribution in [-0.2, 0) is 6.54 Å². The fourth-order valence-electron chi connectivity index (χ4n) is 1.47. The normalized spacial score (nSPS) is 10.3. The van der Waals surface area contributed by atoms with Gasteiger partial charge in [-0.15, -0.1) is 0 Å². The van der Waals surface area contributed by atoms with Gasteiger partial charge < -0.3 is 10.1 Å². The maximum Gasteiger partial charge on any atom is 0.224 e. The summed E-state index contributed by atoms with van der Waals surface area (Å²) in [7, 11) is 1.49. The summed E-state index contributed by atoms with van der Waals surface area (Å²) in [5, 5.41) is 3.37. The molecule has 2 rings (SSSR count). The lowest BCUT2D eigenvalue weighted by Gasteiger charge is -2.10. The first-order valence-corrected chi connectivity index (χ1v) is 6.10. The minimum Gasteiger partial charge on any atom is -0.491 e. The molecule has 7 heteroatoms. The highest BCUT2D eigenvalue weighted by Crippen LogP contribution is 2.23. The van der Waals surface area contributed by atoms with E-state index in [1.807, 2.05) is 0 Å². The minimum absolute atomic E-state index is 0.0832. The molecule has 0 aliphatic carbocycles. The van der Waals surface area contributed by atoms with E-state index < -0.39 is 0 Å². The van der Waals surface area contributed by atoms with E-state index in [-0.39, 0.29) is 17.6 Å². The highest BCUT2D eigenvalue weighted by Gasteiger charge is 2.08. The van der Waals surface area contributed by atoms with Crippen LogP contribution in [0, 0.1) is 5.82 Å².